The Hall–Kier alpha value is -1.25. The summed E-state index contributed by atoms with van der Waals surface area (Å²) >= 11 is 0. The number of carbonyl (C=O) groups excluding carboxylic acids is 1. The van der Waals surface area contributed by atoms with E-state index in [1.165, 1.54) is 11.1 Å². The number of nitrogens with two attached hydrogens (primary N) is 1. The van der Waals surface area contributed by atoms with Gasteiger partial charge in [-0.15, -0.1) is 0 Å². The van der Waals surface area contributed by atoms with Crippen molar-refractivity contribution in [2.45, 2.75) is 26.2 Å². The molecule has 3 heteroatoms. The molecule has 0 heterocycles. The number of carbonyl (C=O) groups is 1. The highest BCUT2D eigenvalue weighted by Gasteiger charge is 2.11. The lowest BCUT2D eigenvalue weighted by Gasteiger charge is -2.20. The maximum Gasteiger partial charge on any atom is 0.236 e. The molecule has 0 bridgehead atoms. The highest BCUT2D eigenvalue weighted by Crippen LogP contribution is 2.25. The molecule has 72 valence electrons. The summed E-state index contributed by atoms with van der Waals surface area (Å²) in [5, 5.41) is 3.05. The van der Waals surface area contributed by atoms with E-state index in [4.69, 9.17) is 5.73 Å². The molecular formula is C10H16N2O. The summed E-state index contributed by atoms with van der Waals surface area (Å²) in [4.78, 5) is 10.5. The van der Waals surface area contributed by atoms with Crippen LogP contribution in [0.5, 0.6) is 0 Å². The average molecular weight is 180 g/mol. The van der Waals surface area contributed by atoms with Crippen molar-refractivity contribution in [1.82, 2.24) is 5.32 Å². The van der Waals surface area contributed by atoms with E-state index >= 15 is 0 Å². The van der Waals surface area contributed by atoms with Crippen molar-refractivity contribution in [1.29, 1.82) is 0 Å². The van der Waals surface area contributed by atoms with E-state index in [0.717, 1.165) is 25.0 Å². The van der Waals surface area contributed by atoms with Crippen LogP contribution in [0.25, 0.3) is 0 Å². The number of allylic oxidation sites excluding steroid dienone is 3. The highest BCUT2D eigenvalue weighted by molar-refractivity contribution is 5.76. The zero-order chi connectivity index (χ0) is 9.84. The first-order chi connectivity index (χ1) is 6.11. The van der Waals surface area contributed by atoms with Crippen molar-refractivity contribution in [2.75, 3.05) is 6.54 Å². The molecule has 0 saturated carbocycles. The molecule has 0 spiro atoms. The van der Waals surface area contributed by atoms with E-state index in [2.05, 4.69) is 11.9 Å². The van der Waals surface area contributed by atoms with Crippen LogP contribution in [0.4, 0.5) is 0 Å². The molecule has 0 fully saturated rings. The van der Waals surface area contributed by atoms with E-state index < -0.39 is 0 Å². The topological polar surface area (TPSA) is 55.1 Å². The summed E-state index contributed by atoms with van der Waals surface area (Å²) < 4.78 is 0. The molecule has 1 rings (SSSR count). The summed E-state index contributed by atoms with van der Waals surface area (Å²) in [6.07, 6.45) is 3.17. The first-order valence-corrected chi connectivity index (χ1v) is 4.51. The quantitative estimate of drug-likeness (QED) is 0.682. The molecule has 0 radical (unpaired) electrons. The van der Waals surface area contributed by atoms with Crippen molar-refractivity contribution in [3.8, 4) is 0 Å². The molecule has 0 aromatic heterocycles. The highest BCUT2D eigenvalue weighted by atomic mass is 16.1. The molecule has 13 heavy (non-hydrogen) atoms. The number of hydrogen-bond donors (Lipinski definition) is 2. The van der Waals surface area contributed by atoms with Gasteiger partial charge in [-0.05, 0) is 31.8 Å². The minimum Gasteiger partial charge on any atom is -0.379 e. The third-order valence-electron chi connectivity index (χ3n) is 2.36. The van der Waals surface area contributed by atoms with Crippen LogP contribution in [-0.4, -0.2) is 12.5 Å². The lowest BCUT2D eigenvalue weighted by atomic mass is 9.93. The van der Waals surface area contributed by atoms with Crippen molar-refractivity contribution >= 4 is 5.91 Å². The monoisotopic (exact) mass is 180 g/mol. The zero-order valence-corrected chi connectivity index (χ0v) is 8.02. The Bertz CT molecular complexity index is 266. The fourth-order valence-electron chi connectivity index (χ4n) is 1.48. The van der Waals surface area contributed by atoms with Crippen LogP contribution in [0.2, 0.25) is 0 Å². The molecule has 0 saturated heterocycles. The van der Waals surface area contributed by atoms with E-state index in [0.29, 0.717) is 0 Å². The van der Waals surface area contributed by atoms with Crippen molar-refractivity contribution in [3.63, 3.8) is 0 Å². The van der Waals surface area contributed by atoms with Crippen LogP contribution in [0.15, 0.2) is 23.4 Å². The second-order valence-corrected chi connectivity index (χ2v) is 3.38. The Labute approximate surface area is 78.7 Å². The van der Waals surface area contributed by atoms with Crippen molar-refractivity contribution < 1.29 is 4.79 Å². The molecule has 1 aliphatic rings. The Balaban J connectivity index is 2.61. The zero-order valence-electron chi connectivity index (χ0n) is 8.02. The summed E-state index contributed by atoms with van der Waals surface area (Å²) in [7, 11) is 0. The lowest BCUT2D eigenvalue weighted by molar-refractivity contribution is -0.117. The van der Waals surface area contributed by atoms with E-state index in [9.17, 15) is 4.79 Å². The summed E-state index contributed by atoms with van der Waals surface area (Å²) in [6, 6.07) is 0. The van der Waals surface area contributed by atoms with Gasteiger partial charge in [0.05, 0.1) is 6.54 Å². The molecule has 1 amide bonds. The van der Waals surface area contributed by atoms with E-state index in [1.54, 1.807) is 0 Å². The number of nitrogens with one attached hydrogen (secondary N) is 1. The third-order valence-corrected chi connectivity index (χ3v) is 2.36. The maximum absolute atomic E-state index is 10.5. The van der Waals surface area contributed by atoms with Gasteiger partial charge in [-0.3, -0.25) is 4.79 Å². The maximum atomic E-state index is 10.5. The Morgan fingerprint density at radius 2 is 2.31 bits per heavy atom. The van der Waals surface area contributed by atoms with Crippen molar-refractivity contribution in [3.05, 3.63) is 23.4 Å². The summed E-state index contributed by atoms with van der Waals surface area (Å²) in [5.41, 5.74) is 8.52. The smallest absolute Gasteiger partial charge is 0.236 e. The molecule has 0 atom stereocenters. The van der Waals surface area contributed by atoms with Gasteiger partial charge in [-0.25, -0.2) is 0 Å². The lowest BCUT2D eigenvalue weighted by Crippen LogP contribution is -2.29. The second kappa shape index (κ2) is 4.12. The van der Waals surface area contributed by atoms with Gasteiger partial charge in [0.1, 0.15) is 0 Å². The van der Waals surface area contributed by atoms with Gasteiger partial charge in [0.25, 0.3) is 0 Å². The Morgan fingerprint density at radius 3 is 2.92 bits per heavy atom. The number of amides is 1. The first-order valence-electron chi connectivity index (χ1n) is 4.51. The largest absolute Gasteiger partial charge is 0.379 e. The molecule has 0 aromatic rings. The van der Waals surface area contributed by atoms with Crippen LogP contribution in [0, 0.1) is 0 Å². The predicted molar refractivity (Wildman–Crippen MR) is 52.9 cm³/mol. The summed E-state index contributed by atoms with van der Waals surface area (Å²) in [6.45, 7) is 6.21. The van der Waals surface area contributed by atoms with Gasteiger partial charge in [0, 0.05) is 5.70 Å². The van der Waals surface area contributed by atoms with Crippen LogP contribution in [-0.2, 0) is 4.79 Å². The normalized spacial score (nSPS) is 17.5. The predicted octanol–water partition coefficient (Wildman–Crippen LogP) is 1.08. The fraction of sp³-hybridized carbons (Fsp3) is 0.500. The third kappa shape index (κ3) is 2.61. The van der Waals surface area contributed by atoms with Gasteiger partial charge in [0.2, 0.25) is 5.91 Å². The molecule has 0 aliphatic heterocycles. The van der Waals surface area contributed by atoms with Gasteiger partial charge >= 0.3 is 0 Å². The molecule has 0 aromatic carbocycles. The first kappa shape index (κ1) is 9.84. The van der Waals surface area contributed by atoms with Crippen LogP contribution < -0.4 is 11.1 Å². The van der Waals surface area contributed by atoms with Gasteiger partial charge in [-0.2, -0.15) is 0 Å². The van der Waals surface area contributed by atoms with Crippen LogP contribution in [0.1, 0.15) is 26.2 Å². The standard InChI is InChI=1S/C10H16N2O/c1-7-4-3-5-9(8(7)2)12-6-10(11)13/h12H,1,3-6H2,2H3,(H2,11,13). The molecule has 1 aliphatic carbocycles. The minimum atomic E-state index is -0.323. The SMILES string of the molecule is C=C1CCCC(NCC(N)=O)=C1C. The molecule has 0 unspecified atom stereocenters. The number of primary amides is 1. The Morgan fingerprint density at radius 1 is 1.62 bits per heavy atom. The molecular weight excluding hydrogens is 164 g/mol. The summed E-state index contributed by atoms with van der Waals surface area (Å²) in [5.74, 6) is -0.323. The van der Waals surface area contributed by atoms with Gasteiger partial charge in [-0.1, -0.05) is 12.2 Å². The van der Waals surface area contributed by atoms with Crippen LogP contribution in [0.3, 0.4) is 0 Å². The van der Waals surface area contributed by atoms with Gasteiger partial charge in [0.15, 0.2) is 0 Å². The molecule has 3 nitrogen and oxygen atoms in total. The average Bonchev–Trinajstić information content (AvgIpc) is 2.07. The van der Waals surface area contributed by atoms with E-state index in [-0.39, 0.29) is 12.5 Å². The number of hydrogen-bond acceptors (Lipinski definition) is 2. The second-order valence-electron chi connectivity index (χ2n) is 3.38. The Kier molecular flexibility index (Phi) is 3.12. The van der Waals surface area contributed by atoms with Crippen molar-refractivity contribution in [2.24, 2.45) is 5.73 Å². The number of rotatable bonds is 3. The van der Waals surface area contributed by atoms with Gasteiger partial charge < -0.3 is 11.1 Å². The van der Waals surface area contributed by atoms with Crippen LogP contribution >= 0.6 is 0 Å². The minimum absolute atomic E-state index is 0.222. The fourth-order valence-corrected chi connectivity index (χ4v) is 1.48. The molecule has 3 N–H and O–H groups in total. The van der Waals surface area contributed by atoms with E-state index in [1.807, 2.05) is 6.92 Å².